The maximum atomic E-state index is 14.9. The molecule has 7 heteroatoms. The number of benzene rings is 2. The number of hydrogen-bond donors (Lipinski definition) is 2. The molecule has 0 spiro atoms. The minimum atomic E-state index is -1.40. The standard InChI is InChI=1S/C22H20F2N2O3/c23-14-3-5-15(6-4-14)26-11-18(22(28)29)21(27)17-8-19(24)16(9-20(17)26)13-2-1-12(7-13)10-25/h3-6,8-9,11-13H,1-2,7,10,25H2,(H,28,29). The molecule has 0 aliphatic heterocycles. The van der Waals surface area contributed by atoms with E-state index in [1.807, 2.05) is 0 Å². The third-order valence-electron chi connectivity index (χ3n) is 5.77. The molecule has 5 nitrogen and oxygen atoms in total. The molecule has 1 aliphatic rings. The van der Waals surface area contributed by atoms with Gasteiger partial charge in [0.1, 0.15) is 17.2 Å². The summed E-state index contributed by atoms with van der Waals surface area (Å²) in [5, 5.41) is 9.39. The number of aromatic carboxylic acids is 1. The molecular formula is C22H20F2N2O3. The number of carboxylic acids is 1. The van der Waals surface area contributed by atoms with Crippen LogP contribution in [0.15, 0.2) is 47.4 Å². The molecule has 2 unspecified atom stereocenters. The Balaban J connectivity index is 1.97. The van der Waals surface area contributed by atoms with Crippen LogP contribution < -0.4 is 11.2 Å². The van der Waals surface area contributed by atoms with E-state index in [-0.39, 0.29) is 11.3 Å². The van der Waals surface area contributed by atoms with Gasteiger partial charge in [-0.1, -0.05) is 0 Å². The van der Waals surface area contributed by atoms with E-state index in [0.717, 1.165) is 25.3 Å². The molecule has 1 aliphatic carbocycles. The normalized spacial score (nSPS) is 19.0. The number of pyridine rings is 1. The SMILES string of the molecule is NCC1CCC(c2cc3c(cc2F)c(=O)c(C(=O)O)cn3-c2ccc(F)cc2)C1. The van der Waals surface area contributed by atoms with E-state index in [0.29, 0.717) is 29.2 Å². The predicted octanol–water partition coefficient (Wildman–Crippen LogP) is 3.81. The van der Waals surface area contributed by atoms with E-state index in [1.54, 1.807) is 6.07 Å². The Kier molecular flexibility index (Phi) is 4.92. The Hall–Kier alpha value is -3.06. The van der Waals surface area contributed by atoms with Gasteiger partial charge in [-0.25, -0.2) is 13.6 Å². The van der Waals surface area contributed by atoms with Crippen molar-refractivity contribution >= 4 is 16.9 Å². The van der Waals surface area contributed by atoms with E-state index >= 15 is 0 Å². The van der Waals surface area contributed by atoms with Gasteiger partial charge in [-0.3, -0.25) is 4.79 Å². The van der Waals surface area contributed by atoms with Crippen molar-refractivity contribution in [1.29, 1.82) is 0 Å². The molecule has 0 saturated heterocycles. The Labute approximate surface area is 165 Å². The second-order valence-electron chi connectivity index (χ2n) is 7.53. The summed E-state index contributed by atoms with van der Waals surface area (Å²) in [4.78, 5) is 24.2. The highest BCUT2D eigenvalue weighted by Crippen LogP contribution is 2.39. The number of rotatable bonds is 4. The zero-order valence-corrected chi connectivity index (χ0v) is 15.6. The van der Waals surface area contributed by atoms with Crippen molar-refractivity contribution in [2.45, 2.75) is 25.2 Å². The second-order valence-corrected chi connectivity index (χ2v) is 7.53. The van der Waals surface area contributed by atoms with Crippen LogP contribution in [0.5, 0.6) is 0 Å². The summed E-state index contributed by atoms with van der Waals surface area (Å²) >= 11 is 0. The molecule has 150 valence electrons. The van der Waals surface area contributed by atoms with Crippen molar-refractivity contribution in [2.75, 3.05) is 6.54 Å². The smallest absolute Gasteiger partial charge is 0.341 e. The van der Waals surface area contributed by atoms with E-state index in [9.17, 15) is 23.5 Å². The van der Waals surface area contributed by atoms with Crippen LogP contribution in [0.3, 0.4) is 0 Å². The van der Waals surface area contributed by atoms with Gasteiger partial charge < -0.3 is 15.4 Å². The lowest BCUT2D eigenvalue weighted by Crippen LogP contribution is -2.19. The van der Waals surface area contributed by atoms with E-state index in [1.165, 1.54) is 35.0 Å². The first-order chi connectivity index (χ1) is 13.9. The van der Waals surface area contributed by atoms with Crippen LogP contribution in [0, 0.1) is 17.6 Å². The first-order valence-electron chi connectivity index (χ1n) is 9.47. The fourth-order valence-electron chi connectivity index (χ4n) is 4.21. The number of nitrogens with two attached hydrogens (primary N) is 1. The number of hydrogen-bond acceptors (Lipinski definition) is 3. The Morgan fingerprint density at radius 1 is 1.17 bits per heavy atom. The topological polar surface area (TPSA) is 85.3 Å². The number of nitrogens with zero attached hydrogens (tertiary/aromatic N) is 1. The summed E-state index contributed by atoms with van der Waals surface area (Å²) in [6.07, 6.45) is 3.70. The molecule has 2 atom stereocenters. The quantitative estimate of drug-likeness (QED) is 0.700. The average molecular weight is 398 g/mol. The molecule has 1 heterocycles. The highest BCUT2D eigenvalue weighted by Gasteiger charge is 2.28. The van der Waals surface area contributed by atoms with E-state index < -0.39 is 28.6 Å². The van der Waals surface area contributed by atoms with E-state index in [4.69, 9.17) is 5.73 Å². The first-order valence-corrected chi connectivity index (χ1v) is 9.47. The highest BCUT2D eigenvalue weighted by molar-refractivity contribution is 5.93. The fraction of sp³-hybridized carbons (Fsp3) is 0.273. The van der Waals surface area contributed by atoms with Gasteiger partial charge in [-0.05, 0) is 79.6 Å². The molecule has 3 N–H and O–H groups in total. The Morgan fingerprint density at radius 2 is 1.90 bits per heavy atom. The van der Waals surface area contributed by atoms with Gasteiger partial charge in [0.25, 0.3) is 0 Å². The number of aromatic nitrogens is 1. The van der Waals surface area contributed by atoms with Gasteiger partial charge in [-0.15, -0.1) is 0 Å². The minimum absolute atomic E-state index is 0.0103. The zero-order chi connectivity index (χ0) is 20.7. The monoisotopic (exact) mass is 398 g/mol. The van der Waals surface area contributed by atoms with Gasteiger partial charge in [-0.2, -0.15) is 0 Å². The van der Waals surface area contributed by atoms with Gasteiger partial charge in [0.2, 0.25) is 5.43 Å². The maximum Gasteiger partial charge on any atom is 0.341 e. The van der Waals surface area contributed by atoms with Crippen molar-refractivity contribution in [2.24, 2.45) is 11.7 Å². The average Bonchev–Trinajstić information content (AvgIpc) is 3.18. The van der Waals surface area contributed by atoms with Crippen LogP contribution in [-0.4, -0.2) is 22.2 Å². The third kappa shape index (κ3) is 3.42. The van der Waals surface area contributed by atoms with Crippen LogP contribution >= 0.6 is 0 Å². The van der Waals surface area contributed by atoms with Crippen LogP contribution in [0.1, 0.15) is 41.1 Å². The molecule has 4 rings (SSSR count). The van der Waals surface area contributed by atoms with Crippen molar-refractivity contribution in [3.05, 3.63) is 75.6 Å². The molecule has 3 aromatic rings. The summed E-state index contributed by atoms with van der Waals surface area (Å²) in [6, 6.07) is 8.18. The van der Waals surface area contributed by atoms with Crippen molar-refractivity contribution in [1.82, 2.24) is 4.57 Å². The number of carboxylic acid groups (broad SMARTS) is 1. The number of carbonyl (C=O) groups is 1. The van der Waals surface area contributed by atoms with Gasteiger partial charge in [0.15, 0.2) is 0 Å². The van der Waals surface area contributed by atoms with Crippen LogP contribution in [0.2, 0.25) is 0 Å². The zero-order valence-electron chi connectivity index (χ0n) is 15.6. The Morgan fingerprint density at radius 3 is 2.52 bits per heavy atom. The van der Waals surface area contributed by atoms with Crippen molar-refractivity contribution in [3.8, 4) is 5.69 Å². The molecule has 0 amide bonds. The Bertz CT molecular complexity index is 1160. The lowest BCUT2D eigenvalue weighted by atomic mass is 9.94. The van der Waals surface area contributed by atoms with Gasteiger partial charge in [0.05, 0.1) is 5.52 Å². The first kappa shape index (κ1) is 19.3. The second kappa shape index (κ2) is 7.40. The summed E-state index contributed by atoms with van der Waals surface area (Å²) in [5.74, 6) is -2.04. The number of fused-ring (bicyclic) bond motifs is 1. The van der Waals surface area contributed by atoms with Crippen molar-refractivity contribution in [3.63, 3.8) is 0 Å². The minimum Gasteiger partial charge on any atom is -0.477 e. The van der Waals surface area contributed by atoms with Crippen molar-refractivity contribution < 1.29 is 18.7 Å². The van der Waals surface area contributed by atoms with Crippen LogP contribution in [0.25, 0.3) is 16.6 Å². The fourth-order valence-corrected chi connectivity index (χ4v) is 4.21. The largest absolute Gasteiger partial charge is 0.477 e. The van der Waals surface area contributed by atoms with Gasteiger partial charge >= 0.3 is 5.97 Å². The molecule has 1 aromatic heterocycles. The molecule has 1 fully saturated rings. The van der Waals surface area contributed by atoms with Crippen LogP contribution in [-0.2, 0) is 0 Å². The molecule has 2 aromatic carbocycles. The lowest BCUT2D eigenvalue weighted by Gasteiger charge is -2.17. The molecular weight excluding hydrogens is 378 g/mol. The summed E-state index contributed by atoms with van der Waals surface area (Å²) in [7, 11) is 0. The third-order valence-corrected chi connectivity index (χ3v) is 5.77. The molecule has 0 radical (unpaired) electrons. The summed E-state index contributed by atoms with van der Waals surface area (Å²) in [5.41, 5.74) is 5.89. The number of halogens is 2. The maximum absolute atomic E-state index is 14.9. The van der Waals surface area contributed by atoms with E-state index in [2.05, 4.69) is 0 Å². The molecule has 0 bridgehead atoms. The molecule has 1 saturated carbocycles. The lowest BCUT2D eigenvalue weighted by molar-refractivity contribution is 0.0695. The summed E-state index contributed by atoms with van der Waals surface area (Å²) in [6.45, 7) is 0.550. The summed E-state index contributed by atoms with van der Waals surface area (Å²) < 4.78 is 29.8. The predicted molar refractivity (Wildman–Crippen MR) is 106 cm³/mol. The highest BCUT2D eigenvalue weighted by atomic mass is 19.1. The van der Waals surface area contributed by atoms with Crippen LogP contribution in [0.4, 0.5) is 8.78 Å². The van der Waals surface area contributed by atoms with Gasteiger partial charge in [0, 0.05) is 17.3 Å². The molecule has 29 heavy (non-hydrogen) atoms.